The summed E-state index contributed by atoms with van der Waals surface area (Å²) in [4.78, 5) is 15.3. The van der Waals surface area contributed by atoms with Crippen LogP contribution in [0, 0.1) is 0 Å². The molecule has 0 N–H and O–H groups in total. The highest BCUT2D eigenvalue weighted by Gasteiger charge is 2.20. The summed E-state index contributed by atoms with van der Waals surface area (Å²) in [5.74, 6) is -0.348. The number of aliphatic imine (C=N–C) groups is 1. The second-order valence-electron chi connectivity index (χ2n) is 2.73. The molecule has 2 aliphatic rings. The fraction of sp³-hybridized carbons (Fsp3) is 0.200. The van der Waals surface area contributed by atoms with Crippen LogP contribution >= 0.6 is 0 Å². The lowest BCUT2D eigenvalue weighted by atomic mass is 10.2. The quantitative estimate of drug-likeness (QED) is 0.595. The summed E-state index contributed by atoms with van der Waals surface area (Å²) in [6.45, 7) is 2.16. The highest BCUT2D eigenvalue weighted by Crippen LogP contribution is 2.21. The largest absolute Gasteiger partial charge is 0.461 e. The summed E-state index contributed by atoms with van der Waals surface area (Å²) in [6.07, 6.45) is 7.45. The molecule has 3 heteroatoms. The molecule has 0 spiro atoms. The van der Waals surface area contributed by atoms with Crippen molar-refractivity contribution in [3.05, 3.63) is 35.6 Å². The molecule has 0 aromatic heterocycles. The number of carbonyl (C=O) groups is 1. The van der Waals surface area contributed by atoms with Crippen LogP contribution in [0.4, 0.5) is 0 Å². The van der Waals surface area contributed by atoms with Crippen molar-refractivity contribution >= 4 is 11.7 Å². The van der Waals surface area contributed by atoms with Crippen molar-refractivity contribution in [2.75, 3.05) is 6.61 Å². The molecular weight excluding hydrogens is 166 g/mol. The zero-order valence-electron chi connectivity index (χ0n) is 7.28. The molecule has 1 aliphatic heterocycles. The maximum atomic E-state index is 11.2. The Kier molecular flexibility index (Phi) is 1.85. The van der Waals surface area contributed by atoms with Crippen molar-refractivity contribution in [3.8, 4) is 0 Å². The Balaban J connectivity index is 2.18. The third-order valence-corrected chi connectivity index (χ3v) is 1.84. The lowest BCUT2D eigenvalue weighted by Crippen LogP contribution is -2.04. The second kappa shape index (κ2) is 3.01. The van der Waals surface area contributed by atoms with E-state index in [2.05, 4.69) is 4.99 Å². The van der Waals surface area contributed by atoms with E-state index in [1.54, 1.807) is 13.0 Å². The highest BCUT2D eigenvalue weighted by atomic mass is 16.5. The topological polar surface area (TPSA) is 38.7 Å². The third kappa shape index (κ3) is 1.33. The van der Waals surface area contributed by atoms with Crippen molar-refractivity contribution in [1.29, 1.82) is 0 Å². The van der Waals surface area contributed by atoms with Crippen molar-refractivity contribution in [2.45, 2.75) is 6.92 Å². The van der Waals surface area contributed by atoms with E-state index in [9.17, 15) is 4.79 Å². The molecule has 1 heterocycles. The van der Waals surface area contributed by atoms with Gasteiger partial charge in [-0.15, -0.1) is 0 Å². The van der Waals surface area contributed by atoms with Crippen LogP contribution < -0.4 is 0 Å². The van der Waals surface area contributed by atoms with Gasteiger partial charge in [-0.2, -0.15) is 0 Å². The normalized spacial score (nSPS) is 17.8. The van der Waals surface area contributed by atoms with Crippen molar-refractivity contribution in [1.82, 2.24) is 0 Å². The summed E-state index contributed by atoms with van der Waals surface area (Å²) in [7, 11) is 0. The first-order valence-electron chi connectivity index (χ1n) is 4.17. The van der Waals surface area contributed by atoms with Gasteiger partial charge >= 0.3 is 5.97 Å². The number of allylic oxidation sites excluding steroid dienone is 5. The molecule has 0 fully saturated rings. The Labute approximate surface area is 76.1 Å². The Morgan fingerprint density at radius 1 is 1.62 bits per heavy atom. The number of carbonyl (C=O) groups excluding carboxylic acids is 1. The van der Waals surface area contributed by atoms with Crippen LogP contribution in [0.5, 0.6) is 0 Å². The first-order valence-corrected chi connectivity index (χ1v) is 4.17. The fourth-order valence-corrected chi connectivity index (χ4v) is 1.27. The van der Waals surface area contributed by atoms with Gasteiger partial charge in [-0.1, -0.05) is 12.2 Å². The number of hydrogen-bond donors (Lipinski definition) is 0. The minimum atomic E-state index is -0.348. The molecule has 0 atom stereocenters. The van der Waals surface area contributed by atoms with Crippen LogP contribution in [0.2, 0.25) is 0 Å². The number of hydrogen-bond acceptors (Lipinski definition) is 3. The van der Waals surface area contributed by atoms with Crippen molar-refractivity contribution < 1.29 is 9.53 Å². The summed E-state index contributed by atoms with van der Waals surface area (Å²) in [5, 5.41) is 0. The van der Waals surface area contributed by atoms with Crippen LogP contribution in [0.1, 0.15) is 6.92 Å². The van der Waals surface area contributed by atoms with Gasteiger partial charge in [0.05, 0.1) is 12.3 Å². The van der Waals surface area contributed by atoms with Crippen LogP contribution in [0.25, 0.3) is 0 Å². The molecule has 3 nitrogen and oxygen atoms in total. The molecule has 0 saturated carbocycles. The van der Waals surface area contributed by atoms with Crippen molar-refractivity contribution in [3.63, 3.8) is 0 Å². The van der Waals surface area contributed by atoms with Crippen LogP contribution in [-0.2, 0) is 9.53 Å². The molecule has 0 aromatic carbocycles. The zero-order chi connectivity index (χ0) is 9.26. The number of ether oxygens (including phenoxy) is 1. The van der Waals surface area contributed by atoms with Crippen LogP contribution in [0.15, 0.2) is 40.6 Å². The Morgan fingerprint density at radius 2 is 2.46 bits per heavy atom. The minimum absolute atomic E-state index is 0.348. The molecule has 0 bridgehead atoms. The van der Waals surface area contributed by atoms with Crippen LogP contribution in [-0.4, -0.2) is 18.3 Å². The fourth-order valence-electron chi connectivity index (χ4n) is 1.27. The lowest BCUT2D eigenvalue weighted by molar-refractivity contribution is -0.138. The van der Waals surface area contributed by atoms with Gasteiger partial charge in [-0.05, 0) is 19.1 Å². The van der Waals surface area contributed by atoms with E-state index in [4.69, 9.17) is 4.74 Å². The molecule has 0 aromatic rings. The molecule has 2 rings (SSSR count). The molecular formula is C10H9NO2. The molecule has 0 radical (unpaired) electrons. The van der Waals surface area contributed by atoms with Gasteiger partial charge in [-0.3, -0.25) is 0 Å². The van der Waals surface area contributed by atoms with E-state index in [1.165, 1.54) is 0 Å². The molecule has 1 aliphatic carbocycles. The van der Waals surface area contributed by atoms with Gasteiger partial charge in [0.15, 0.2) is 0 Å². The van der Waals surface area contributed by atoms with Gasteiger partial charge in [-0.25, -0.2) is 9.79 Å². The first-order chi connectivity index (χ1) is 6.31. The van der Waals surface area contributed by atoms with Gasteiger partial charge in [0.25, 0.3) is 0 Å². The Hall–Kier alpha value is -1.64. The van der Waals surface area contributed by atoms with E-state index < -0.39 is 0 Å². The molecule has 0 amide bonds. The smallest absolute Gasteiger partial charge is 0.356 e. The number of fused-ring (bicyclic) bond motifs is 1. The predicted octanol–water partition coefficient (Wildman–Crippen LogP) is 1.38. The number of esters is 1. The summed E-state index contributed by atoms with van der Waals surface area (Å²) in [6, 6.07) is 0. The summed E-state index contributed by atoms with van der Waals surface area (Å²) < 4.78 is 4.83. The number of nitrogens with zero attached hydrogens (tertiary/aromatic N) is 1. The van der Waals surface area contributed by atoms with Gasteiger partial charge in [0.2, 0.25) is 0 Å². The average Bonchev–Trinajstić information content (AvgIpc) is 2.61. The Bertz CT molecular complexity index is 372. The first kappa shape index (κ1) is 7.98. The second-order valence-corrected chi connectivity index (χ2v) is 2.73. The molecule has 66 valence electrons. The summed E-state index contributed by atoms with van der Waals surface area (Å²) >= 11 is 0. The van der Waals surface area contributed by atoms with E-state index in [0.29, 0.717) is 12.3 Å². The molecule has 0 saturated heterocycles. The average molecular weight is 175 g/mol. The van der Waals surface area contributed by atoms with E-state index in [1.807, 2.05) is 18.2 Å². The van der Waals surface area contributed by atoms with Crippen molar-refractivity contribution in [2.24, 2.45) is 4.99 Å². The van der Waals surface area contributed by atoms with Gasteiger partial charge in [0, 0.05) is 5.57 Å². The van der Waals surface area contributed by atoms with Gasteiger partial charge in [0.1, 0.15) is 5.70 Å². The molecule has 0 unspecified atom stereocenters. The van der Waals surface area contributed by atoms with Crippen LogP contribution in [0.3, 0.4) is 0 Å². The predicted molar refractivity (Wildman–Crippen MR) is 49.4 cm³/mol. The zero-order valence-corrected chi connectivity index (χ0v) is 7.28. The third-order valence-electron chi connectivity index (χ3n) is 1.84. The lowest BCUT2D eigenvalue weighted by Gasteiger charge is -1.97. The monoisotopic (exact) mass is 175 g/mol. The Morgan fingerprint density at radius 3 is 3.15 bits per heavy atom. The van der Waals surface area contributed by atoms with E-state index in [-0.39, 0.29) is 5.97 Å². The maximum Gasteiger partial charge on any atom is 0.356 e. The van der Waals surface area contributed by atoms with E-state index in [0.717, 1.165) is 11.3 Å². The SMILES string of the molecule is CCOC(=O)C1=CC2=CC=CC2=N1. The van der Waals surface area contributed by atoms with Gasteiger partial charge < -0.3 is 4.74 Å². The standard InChI is InChI=1S/C10H9NO2/c1-2-13-10(12)9-6-7-4-3-5-8(7)11-9/h3-6H,2H2,1H3. The minimum Gasteiger partial charge on any atom is -0.461 e. The van der Waals surface area contributed by atoms with E-state index >= 15 is 0 Å². The molecule has 13 heavy (non-hydrogen) atoms. The maximum absolute atomic E-state index is 11.2. The summed E-state index contributed by atoms with van der Waals surface area (Å²) in [5.41, 5.74) is 2.23. The highest BCUT2D eigenvalue weighted by molar-refractivity contribution is 6.18. The number of rotatable bonds is 2.